The van der Waals surface area contributed by atoms with Crippen LogP contribution in [0.25, 0.3) is 0 Å². The largest absolute Gasteiger partial charge is 1.00 e. The molecule has 0 atom stereocenters. The molecule has 0 aromatic carbocycles. The van der Waals surface area contributed by atoms with E-state index in [0.29, 0.717) is 0 Å². The molecule has 0 heterocycles. The van der Waals surface area contributed by atoms with Crippen LogP contribution in [0.2, 0.25) is 0 Å². The van der Waals surface area contributed by atoms with Crippen molar-refractivity contribution in [2.24, 2.45) is 0 Å². The summed E-state index contributed by atoms with van der Waals surface area (Å²) in [6, 6.07) is 0. The Labute approximate surface area is 127 Å². The van der Waals surface area contributed by atoms with Gasteiger partial charge in [0.05, 0.1) is 11.9 Å². The van der Waals surface area contributed by atoms with Gasteiger partial charge < -0.3 is 19.8 Å². The minimum atomic E-state index is -4.39. The van der Waals surface area contributed by atoms with Gasteiger partial charge in [-0.05, 0) is 0 Å². The van der Waals surface area contributed by atoms with Crippen molar-refractivity contribution in [2.45, 2.75) is 0 Å². The van der Waals surface area contributed by atoms with Gasteiger partial charge in [-0.25, -0.2) is 0 Å². The Kier molecular flexibility index (Phi) is 16.0. The molecular weight excluding hydrogens is 286 g/mol. The van der Waals surface area contributed by atoms with E-state index in [1.54, 1.807) is 0 Å². The van der Waals surface area contributed by atoms with Crippen molar-refractivity contribution in [1.29, 1.82) is 0 Å². The Morgan fingerprint density at radius 2 is 0.944 bits per heavy atom. The number of carboxylic acid groups (broad SMARTS) is 2. The Balaban J connectivity index is -0.0000000980. The molecule has 0 rings (SSSR count). The number of hydrogen-bond donors (Lipinski definition) is 2. The first kappa shape index (κ1) is 26.5. The Morgan fingerprint density at radius 1 is 0.778 bits per heavy atom. The average Bonchev–Trinajstić information content (AvgIpc) is 1.72. The summed E-state index contributed by atoms with van der Waals surface area (Å²) in [7, 11) is -8.77. The molecule has 2 N–H and O–H groups in total. The number of carboxylic acids is 2. The van der Waals surface area contributed by atoms with Crippen LogP contribution in [0.1, 0.15) is 0 Å². The maximum atomic E-state index is 9.58. The number of carbonyl (C=O) groups is 2. The maximum Gasteiger partial charge on any atom is 1.00 e. The van der Waals surface area contributed by atoms with E-state index in [-0.39, 0.29) is 37.7 Å². The van der Waals surface area contributed by atoms with E-state index in [4.69, 9.17) is 9.11 Å². The summed E-state index contributed by atoms with van der Waals surface area (Å²) in [5.41, 5.74) is 0. The fourth-order valence-electron chi connectivity index (χ4n) is 0.298. The molecule has 0 aromatic heterocycles. The van der Waals surface area contributed by atoms with Gasteiger partial charge in [-0.3, -0.25) is 9.11 Å². The first-order valence-corrected chi connectivity index (χ1v) is 6.35. The van der Waals surface area contributed by atoms with Crippen molar-refractivity contribution in [3.8, 4) is 0 Å². The second-order valence-electron chi connectivity index (χ2n) is 2.20. The molecule has 0 amide bonds. The molecule has 0 aliphatic carbocycles. The van der Waals surface area contributed by atoms with Gasteiger partial charge in [0, 0.05) is 0 Å². The van der Waals surface area contributed by atoms with Gasteiger partial charge in [-0.2, -0.15) is 16.8 Å². The number of hydrogen-bond acceptors (Lipinski definition) is 8. The van der Waals surface area contributed by atoms with Crippen LogP contribution in [0.15, 0.2) is 0 Å². The van der Waals surface area contributed by atoms with Crippen LogP contribution in [-0.2, 0) is 29.8 Å². The molecule has 18 heavy (non-hydrogen) atoms. The molecule has 0 radical (unpaired) electrons. The topological polar surface area (TPSA) is 189 Å². The van der Waals surface area contributed by atoms with E-state index in [2.05, 4.69) is 0 Å². The van der Waals surface area contributed by atoms with E-state index in [0.717, 1.165) is 0 Å². The molecule has 0 aromatic rings. The van der Waals surface area contributed by atoms with Crippen LogP contribution in [0.3, 0.4) is 0 Å². The molecule has 0 bridgehead atoms. The van der Waals surface area contributed by atoms with Gasteiger partial charge >= 0.3 is 37.7 Å². The van der Waals surface area contributed by atoms with Gasteiger partial charge in [-0.15, -0.1) is 0 Å². The van der Waals surface area contributed by atoms with E-state index in [1.807, 2.05) is 0 Å². The summed E-state index contributed by atoms with van der Waals surface area (Å²) in [4.78, 5) is 18.7. The number of aliphatic carboxylic acids is 2. The third-order valence-corrected chi connectivity index (χ3v) is 1.80. The third-order valence-electron chi connectivity index (χ3n) is 0.601. The van der Waals surface area contributed by atoms with Crippen LogP contribution in [-0.4, -0.2) is 49.4 Å². The Hall–Kier alpha value is -0.0452. The van der Waals surface area contributed by atoms with Crippen molar-refractivity contribution in [3.63, 3.8) is 0 Å². The molecule has 0 spiro atoms. The van der Waals surface area contributed by atoms with Gasteiger partial charge in [0.15, 0.2) is 0 Å². The molecular formula is C4H6Li2O10S2. The fraction of sp³-hybridized carbons (Fsp3) is 0.500. The molecule has 0 aliphatic rings. The zero-order valence-corrected chi connectivity index (χ0v) is 11.0. The smallest absolute Gasteiger partial charge is 0.549 e. The summed E-state index contributed by atoms with van der Waals surface area (Å²) in [6.45, 7) is 0. The number of carbonyl (C=O) groups excluding carboxylic acids is 2. The summed E-state index contributed by atoms with van der Waals surface area (Å²) in [6.07, 6.45) is 0. The van der Waals surface area contributed by atoms with Gasteiger partial charge in [0.25, 0.3) is 20.2 Å². The SMILES string of the molecule is O=C([O-])CS(=O)(=O)O.O=C([O-])CS(=O)(=O)O.[Li+].[Li+]. The Morgan fingerprint density at radius 3 is 0.944 bits per heavy atom. The monoisotopic (exact) mass is 292 g/mol. The Bertz CT molecular complexity index is 406. The first-order chi connectivity index (χ1) is 6.83. The van der Waals surface area contributed by atoms with Crippen LogP contribution >= 0.6 is 0 Å². The second kappa shape index (κ2) is 10.8. The molecule has 10 nitrogen and oxygen atoms in total. The summed E-state index contributed by atoms with van der Waals surface area (Å²) >= 11 is 0. The molecule has 0 aliphatic heterocycles. The van der Waals surface area contributed by atoms with Crippen LogP contribution in [0.4, 0.5) is 0 Å². The van der Waals surface area contributed by atoms with Crippen molar-refractivity contribution in [1.82, 2.24) is 0 Å². The first-order valence-electron chi connectivity index (χ1n) is 3.13. The number of rotatable bonds is 4. The molecule has 96 valence electrons. The van der Waals surface area contributed by atoms with Crippen molar-refractivity contribution < 1.29 is 83.5 Å². The fourth-order valence-corrected chi connectivity index (χ4v) is 0.894. The molecule has 0 saturated heterocycles. The van der Waals surface area contributed by atoms with Crippen LogP contribution < -0.4 is 47.9 Å². The maximum absolute atomic E-state index is 9.58. The van der Waals surface area contributed by atoms with Gasteiger partial charge in [0.2, 0.25) is 0 Å². The van der Waals surface area contributed by atoms with Crippen molar-refractivity contribution in [3.05, 3.63) is 0 Å². The van der Waals surface area contributed by atoms with E-state index in [9.17, 15) is 36.6 Å². The normalized spacial score (nSPS) is 9.89. The molecule has 0 unspecified atom stereocenters. The molecule has 0 saturated carbocycles. The van der Waals surface area contributed by atoms with Crippen LogP contribution in [0.5, 0.6) is 0 Å². The quantitative estimate of drug-likeness (QED) is 0.371. The molecule has 0 fully saturated rings. The van der Waals surface area contributed by atoms with E-state index in [1.165, 1.54) is 0 Å². The minimum absolute atomic E-state index is 0. The van der Waals surface area contributed by atoms with Crippen molar-refractivity contribution >= 4 is 32.2 Å². The standard InChI is InChI=1S/2C2H4O5S.2Li/c2*3-2(4)1-8(5,6)7;;/h2*1H2,(H,3,4)(H,5,6,7);;/q;;2*+1/p-2. The summed E-state index contributed by atoms with van der Waals surface area (Å²) in [5.74, 6) is -6.31. The summed E-state index contributed by atoms with van der Waals surface area (Å²) in [5, 5.41) is 18.7. The zero-order valence-electron chi connectivity index (χ0n) is 9.39. The minimum Gasteiger partial charge on any atom is -0.549 e. The third kappa shape index (κ3) is 36.0. The van der Waals surface area contributed by atoms with Crippen LogP contribution in [0, 0.1) is 0 Å². The van der Waals surface area contributed by atoms with E-state index >= 15 is 0 Å². The predicted molar refractivity (Wildman–Crippen MR) is 42.8 cm³/mol. The van der Waals surface area contributed by atoms with Crippen molar-refractivity contribution in [2.75, 3.05) is 11.5 Å². The van der Waals surface area contributed by atoms with Gasteiger partial charge in [0.1, 0.15) is 11.5 Å². The van der Waals surface area contributed by atoms with E-state index < -0.39 is 43.7 Å². The predicted octanol–water partition coefficient (Wildman–Crippen LogP) is -10.7. The summed E-state index contributed by atoms with van der Waals surface area (Å²) < 4.78 is 53.8. The van der Waals surface area contributed by atoms with Gasteiger partial charge in [-0.1, -0.05) is 0 Å². The zero-order chi connectivity index (χ0) is 13.6. The molecule has 14 heteroatoms. The second-order valence-corrected chi connectivity index (χ2v) is 5.10. The average molecular weight is 292 g/mol.